The lowest BCUT2D eigenvalue weighted by molar-refractivity contribution is 0.0950. The van der Waals surface area contributed by atoms with E-state index in [1.54, 1.807) is 19.1 Å². The number of fused-ring (bicyclic) bond motifs is 1. The average molecular weight is 394 g/mol. The number of benzene rings is 2. The molecule has 0 aliphatic heterocycles. The van der Waals surface area contributed by atoms with Gasteiger partial charge in [-0.3, -0.25) is 9.59 Å². The molecule has 140 valence electrons. The molecule has 0 fully saturated rings. The van der Waals surface area contributed by atoms with Crippen LogP contribution in [-0.4, -0.2) is 20.5 Å². The van der Waals surface area contributed by atoms with Crippen molar-refractivity contribution in [2.45, 2.75) is 13.5 Å². The first-order valence-corrected chi connectivity index (χ1v) is 9.32. The van der Waals surface area contributed by atoms with Gasteiger partial charge < -0.3 is 5.32 Å². The summed E-state index contributed by atoms with van der Waals surface area (Å²) in [6.07, 6.45) is 0. The zero-order chi connectivity index (χ0) is 19.7. The number of hydrogen-bond donors (Lipinski definition) is 1. The Balaban J connectivity index is 1.56. The van der Waals surface area contributed by atoms with E-state index in [1.807, 2.05) is 30.3 Å². The van der Waals surface area contributed by atoms with Crippen LogP contribution < -0.4 is 10.9 Å². The summed E-state index contributed by atoms with van der Waals surface area (Å²) in [5, 5.41) is 7.66. The summed E-state index contributed by atoms with van der Waals surface area (Å²) in [6, 6.07) is 15.1. The van der Waals surface area contributed by atoms with Crippen molar-refractivity contribution in [2.75, 3.05) is 0 Å². The summed E-state index contributed by atoms with van der Waals surface area (Å²) in [5.41, 5.74) is 1.66. The third-order valence-electron chi connectivity index (χ3n) is 4.18. The van der Waals surface area contributed by atoms with Crippen molar-refractivity contribution in [3.8, 4) is 10.6 Å². The molecule has 0 spiro atoms. The van der Waals surface area contributed by atoms with E-state index in [1.165, 1.54) is 28.0 Å². The predicted octanol–water partition coefficient (Wildman–Crippen LogP) is 3.20. The third kappa shape index (κ3) is 3.54. The van der Waals surface area contributed by atoms with Gasteiger partial charge in [0.1, 0.15) is 10.8 Å². The predicted molar refractivity (Wildman–Crippen MR) is 105 cm³/mol. The van der Waals surface area contributed by atoms with E-state index in [-0.39, 0.29) is 17.7 Å². The van der Waals surface area contributed by atoms with Crippen LogP contribution in [0.2, 0.25) is 0 Å². The lowest BCUT2D eigenvalue weighted by atomic mass is 10.1. The van der Waals surface area contributed by atoms with Gasteiger partial charge in [-0.2, -0.15) is 9.61 Å². The van der Waals surface area contributed by atoms with Crippen LogP contribution in [0.3, 0.4) is 0 Å². The van der Waals surface area contributed by atoms with Gasteiger partial charge >= 0.3 is 0 Å². The molecule has 0 aliphatic carbocycles. The van der Waals surface area contributed by atoms with Gasteiger partial charge in [0.15, 0.2) is 0 Å². The van der Waals surface area contributed by atoms with Crippen LogP contribution in [0.1, 0.15) is 21.6 Å². The van der Waals surface area contributed by atoms with Crippen molar-refractivity contribution in [2.24, 2.45) is 0 Å². The largest absolute Gasteiger partial charge is 0.346 e. The molecule has 4 rings (SSSR count). The van der Waals surface area contributed by atoms with Gasteiger partial charge in [-0.25, -0.2) is 9.37 Å². The molecule has 2 heterocycles. The fraction of sp³-hybridized carbons (Fsp3) is 0.100. The molecule has 0 aliphatic rings. The maximum absolute atomic E-state index is 13.6. The second-order valence-electron chi connectivity index (χ2n) is 6.20. The highest BCUT2D eigenvalue weighted by Crippen LogP contribution is 2.23. The smallest absolute Gasteiger partial charge is 0.275 e. The van der Waals surface area contributed by atoms with Gasteiger partial charge in [0, 0.05) is 17.2 Å². The standard InChI is InChI=1S/C20H15FN4O2S/c1-12-7-8-14(9-16(12)21)18(27)22-11-15-10-17(26)25-20(23-15)28-19(24-25)13-5-3-2-4-6-13/h2-10H,11H2,1H3,(H,22,27). The maximum Gasteiger partial charge on any atom is 0.275 e. The second-order valence-corrected chi connectivity index (χ2v) is 7.16. The van der Waals surface area contributed by atoms with Crippen molar-refractivity contribution in [3.05, 3.63) is 87.6 Å². The Labute approximate surface area is 163 Å². The molecule has 0 unspecified atom stereocenters. The van der Waals surface area contributed by atoms with Crippen LogP contribution >= 0.6 is 11.3 Å². The fourth-order valence-electron chi connectivity index (χ4n) is 2.65. The molecule has 0 bridgehead atoms. The van der Waals surface area contributed by atoms with Gasteiger partial charge in [-0.1, -0.05) is 47.7 Å². The number of nitrogens with zero attached hydrogens (tertiary/aromatic N) is 3. The van der Waals surface area contributed by atoms with Crippen molar-refractivity contribution in [3.63, 3.8) is 0 Å². The van der Waals surface area contributed by atoms with Crippen molar-refractivity contribution < 1.29 is 9.18 Å². The second kappa shape index (κ2) is 7.32. The van der Waals surface area contributed by atoms with Crippen LogP contribution in [0.4, 0.5) is 4.39 Å². The first-order chi connectivity index (χ1) is 13.5. The highest BCUT2D eigenvalue weighted by molar-refractivity contribution is 7.19. The van der Waals surface area contributed by atoms with E-state index < -0.39 is 11.7 Å². The van der Waals surface area contributed by atoms with Crippen LogP contribution in [0.5, 0.6) is 0 Å². The van der Waals surface area contributed by atoms with E-state index in [0.717, 1.165) is 5.56 Å². The summed E-state index contributed by atoms with van der Waals surface area (Å²) >= 11 is 1.29. The molecule has 2 aromatic carbocycles. The van der Waals surface area contributed by atoms with Gasteiger partial charge in [0.25, 0.3) is 11.5 Å². The number of aromatic nitrogens is 3. The Kier molecular flexibility index (Phi) is 4.70. The Morgan fingerprint density at radius 1 is 1.18 bits per heavy atom. The first-order valence-electron chi connectivity index (χ1n) is 8.51. The Bertz CT molecular complexity index is 1230. The zero-order valence-electron chi connectivity index (χ0n) is 14.8. The molecule has 0 saturated heterocycles. The van der Waals surface area contributed by atoms with Crippen molar-refractivity contribution >= 4 is 22.2 Å². The van der Waals surface area contributed by atoms with E-state index >= 15 is 0 Å². The van der Waals surface area contributed by atoms with Crippen molar-refractivity contribution in [1.29, 1.82) is 0 Å². The van der Waals surface area contributed by atoms with E-state index in [2.05, 4.69) is 15.4 Å². The van der Waals surface area contributed by atoms with Crippen molar-refractivity contribution in [1.82, 2.24) is 19.9 Å². The molecule has 4 aromatic rings. The highest BCUT2D eigenvalue weighted by atomic mass is 32.1. The number of aryl methyl sites for hydroxylation is 1. The monoisotopic (exact) mass is 394 g/mol. The zero-order valence-corrected chi connectivity index (χ0v) is 15.7. The average Bonchev–Trinajstić information content (AvgIpc) is 3.14. The normalized spacial score (nSPS) is 10.9. The Morgan fingerprint density at radius 3 is 2.71 bits per heavy atom. The number of nitrogens with one attached hydrogen (secondary N) is 1. The lowest BCUT2D eigenvalue weighted by Gasteiger charge is -2.06. The summed E-state index contributed by atoms with van der Waals surface area (Å²) in [6.45, 7) is 1.68. The van der Waals surface area contributed by atoms with Crippen LogP contribution in [0, 0.1) is 12.7 Å². The number of carbonyl (C=O) groups excluding carboxylic acids is 1. The number of hydrogen-bond acceptors (Lipinski definition) is 5. The summed E-state index contributed by atoms with van der Waals surface area (Å²) in [4.78, 5) is 29.4. The summed E-state index contributed by atoms with van der Waals surface area (Å²) < 4.78 is 14.9. The minimum absolute atomic E-state index is 0.0542. The molecule has 2 aromatic heterocycles. The summed E-state index contributed by atoms with van der Waals surface area (Å²) in [7, 11) is 0. The van der Waals surface area contributed by atoms with Gasteiger partial charge in [-0.05, 0) is 24.6 Å². The molecule has 0 radical (unpaired) electrons. The topological polar surface area (TPSA) is 76.4 Å². The molecular formula is C20H15FN4O2S. The van der Waals surface area contributed by atoms with Crippen LogP contribution in [0.15, 0.2) is 59.4 Å². The van der Waals surface area contributed by atoms with E-state index in [0.29, 0.717) is 21.2 Å². The molecule has 1 N–H and O–H groups in total. The highest BCUT2D eigenvalue weighted by Gasteiger charge is 2.12. The van der Waals surface area contributed by atoms with Gasteiger partial charge in [-0.15, -0.1) is 0 Å². The van der Waals surface area contributed by atoms with E-state index in [4.69, 9.17) is 0 Å². The summed E-state index contributed by atoms with van der Waals surface area (Å²) in [5.74, 6) is -0.876. The third-order valence-corrected chi connectivity index (χ3v) is 5.14. The molecular weight excluding hydrogens is 379 g/mol. The molecule has 28 heavy (non-hydrogen) atoms. The first kappa shape index (κ1) is 18.0. The quantitative estimate of drug-likeness (QED) is 0.577. The lowest BCUT2D eigenvalue weighted by Crippen LogP contribution is -2.25. The molecule has 6 nitrogen and oxygen atoms in total. The van der Waals surface area contributed by atoms with Gasteiger partial charge in [0.2, 0.25) is 4.96 Å². The minimum Gasteiger partial charge on any atom is -0.346 e. The number of halogens is 1. The number of amides is 1. The van der Waals surface area contributed by atoms with Gasteiger partial charge in [0.05, 0.1) is 12.2 Å². The van der Waals surface area contributed by atoms with Crippen LogP contribution in [-0.2, 0) is 6.54 Å². The molecule has 8 heteroatoms. The van der Waals surface area contributed by atoms with E-state index in [9.17, 15) is 14.0 Å². The van der Waals surface area contributed by atoms with Crippen LogP contribution in [0.25, 0.3) is 15.5 Å². The number of rotatable bonds is 4. The SMILES string of the molecule is Cc1ccc(C(=O)NCc2cc(=O)n3nc(-c4ccccc4)sc3n2)cc1F. The Morgan fingerprint density at radius 2 is 1.96 bits per heavy atom. The Hall–Kier alpha value is -3.39. The fourth-order valence-corrected chi connectivity index (χ4v) is 3.58. The molecule has 0 atom stereocenters. The molecule has 1 amide bonds. The number of carbonyl (C=O) groups is 1. The minimum atomic E-state index is -0.441. The molecule has 0 saturated carbocycles. The maximum atomic E-state index is 13.6.